The Balaban J connectivity index is 1.40. The first kappa shape index (κ1) is 21.9. The number of ether oxygens (including phenoxy) is 1. The minimum Gasteiger partial charge on any atom is -0.495 e. The number of fused-ring (bicyclic) bond motifs is 1. The van der Waals surface area contributed by atoms with Crippen molar-refractivity contribution in [1.29, 1.82) is 0 Å². The zero-order valence-corrected chi connectivity index (χ0v) is 19.1. The van der Waals surface area contributed by atoms with E-state index in [1.165, 1.54) is 19.2 Å². The number of urea groups is 1. The minimum atomic E-state index is -0.351. The molecule has 34 heavy (non-hydrogen) atoms. The van der Waals surface area contributed by atoms with Crippen LogP contribution in [0.15, 0.2) is 46.9 Å². The molecule has 9 nitrogen and oxygen atoms in total. The Morgan fingerprint density at radius 3 is 2.71 bits per heavy atom. The lowest BCUT2D eigenvalue weighted by Crippen LogP contribution is -2.39. The standard InChI is InChI=1S/C23H20ClFN6O3/c1-30-18-9-10-31(23(32)26-17-11-14(24)5-8-19(17)33-2)12-16(18)20(29-30)22-28-27-21(34-22)13-3-6-15(25)7-4-13/h3-8,11H,9-10,12H2,1-2H3,(H,26,32). The fraction of sp³-hybridized carbons (Fsp3) is 0.217. The largest absolute Gasteiger partial charge is 0.495 e. The summed E-state index contributed by atoms with van der Waals surface area (Å²) in [4.78, 5) is 14.7. The van der Waals surface area contributed by atoms with Crippen molar-refractivity contribution < 1.29 is 18.3 Å². The highest BCUT2D eigenvalue weighted by Crippen LogP contribution is 2.32. The number of aryl methyl sites for hydroxylation is 1. The van der Waals surface area contributed by atoms with E-state index in [2.05, 4.69) is 20.6 Å². The predicted molar refractivity (Wildman–Crippen MR) is 123 cm³/mol. The molecule has 1 aliphatic heterocycles. The van der Waals surface area contributed by atoms with E-state index >= 15 is 0 Å². The second-order valence-corrected chi connectivity index (χ2v) is 8.20. The molecule has 4 aromatic rings. The van der Waals surface area contributed by atoms with E-state index in [0.717, 1.165) is 11.3 Å². The van der Waals surface area contributed by atoms with Crippen LogP contribution in [0, 0.1) is 5.82 Å². The monoisotopic (exact) mass is 482 g/mol. The fourth-order valence-corrected chi connectivity index (χ4v) is 4.11. The third-order valence-corrected chi connectivity index (χ3v) is 5.89. The number of nitrogens with zero attached hydrogens (tertiary/aromatic N) is 5. The molecule has 1 N–H and O–H groups in total. The summed E-state index contributed by atoms with van der Waals surface area (Å²) in [7, 11) is 3.37. The van der Waals surface area contributed by atoms with Gasteiger partial charge in [0, 0.05) is 41.9 Å². The van der Waals surface area contributed by atoms with Crippen LogP contribution in [0.3, 0.4) is 0 Å². The van der Waals surface area contributed by atoms with Gasteiger partial charge < -0.3 is 19.4 Å². The van der Waals surface area contributed by atoms with Crippen molar-refractivity contribution in [3.63, 3.8) is 0 Å². The van der Waals surface area contributed by atoms with Crippen molar-refractivity contribution in [1.82, 2.24) is 24.9 Å². The molecule has 2 aromatic carbocycles. The molecule has 0 atom stereocenters. The highest BCUT2D eigenvalue weighted by molar-refractivity contribution is 6.31. The van der Waals surface area contributed by atoms with Crippen molar-refractivity contribution >= 4 is 23.3 Å². The number of rotatable bonds is 4. The molecule has 2 aromatic heterocycles. The second kappa shape index (κ2) is 8.79. The molecular formula is C23H20ClFN6O3. The number of benzene rings is 2. The molecule has 11 heteroatoms. The van der Waals surface area contributed by atoms with Gasteiger partial charge in [-0.05, 0) is 42.5 Å². The van der Waals surface area contributed by atoms with Crippen LogP contribution in [0.4, 0.5) is 14.9 Å². The number of aromatic nitrogens is 4. The summed E-state index contributed by atoms with van der Waals surface area (Å²) in [6.07, 6.45) is 0.609. The van der Waals surface area contributed by atoms with Gasteiger partial charge in [-0.1, -0.05) is 11.6 Å². The van der Waals surface area contributed by atoms with E-state index in [1.807, 2.05) is 7.05 Å². The molecule has 174 valence electrons. The zero-order chi connectivity index (χ0) is 23.8. The molecular weight excluding hydrogens is 463 g/mol. The van der Waals surface area contributed by atoms with Crippen LogP contribution >= 0.6 is 11.6 Å². The quantitative estimate of drug-likeness (QED) is 0.459. The Morgan fingerprint density at radius 1 is 1.18 bits per heavy atom. The van der Waals surface area contributed by atoms with Gasteiger partial charge in [0.25, 0.3) is 5.89 Å². The summed E-state index contributed by atoms with van der Waals surface area (Å²) in [5, 5.41) is 16.1. The molecule has 5 rings (SSSR count). The molecule has 0 fully saturated rings. The normalized spacial score (nSPS) is 13.0. The summed E-state index contributed by atoms with van der Waals surface area (Å²) in [5.41, 5.74) is 3.41. The maximum atomic E-state index is 13.2. The molecule has 1 aliphatic rings. The SMILES string of the molecule is COc1ccc(Cl)cc1NC(=O)N1CCc2c(c(-c3nnc(-c4ccc(F)cc4)o3)nn2C)C1. The third-order valence-electron chi connectivity index (χ3n) is 5.65. The van der Waals surface area contributed by atoms with Crippen molar-refractivity contribution in [2.45, 2.75) is 13.0 Å². The van der Waals surface area contributed by atoms with Crippen LogP contribution in [-0.4, -0.2) is 44.6 Å². The number of hydrogen-bond donors (Lipinski definition) is 1. The van der Waals surface area contributed by atoms with E-state index in [4.69, 9.17) is 20.8 Å². The minimum absolute atomic E-state index is 0.231. The molecule has 2 amide bonds. The Kier molecular flexibility index (Phi) is 5.66. The summed E-state index contributed by atoms with van der Waals surface area (Å²) in [6, 6.07) is 10.5. The maximum Gasteiger partial charge on any atom is 0.322 e. The Hall–Kier alpha value is -3.92. The number of carbonyl (C=O) groups is 1. The Bertz CT molecular complexity index is 1370. The van der Waals surface area contributed by atoms with Gasteiger partial charge in [0.1, 0.15) is 11.6 Å². The van der Waals surface area contributed by atoms with E-state index in [0.29, 0.717) is 47.2 Å². The summed E-state index contributed by atoms with van der Waals surface area (Å²) in [5.74, 6) is 0.649. The summed E-state index contributed by atoms with van der Waals surface area (Å²) < 4.78 is 26.2. The number of carbonyl (C=O) groups excluding carboxylic acids is 1. The van der Waals surface area contributed by atoms with Crippen molar-refractivity contribution in [2.75, 3.05) is 19.0 Å². The van der Waals surface area contributed by atoms with Crippen LogP contribution in [0.5, 0.6) is 5.75 Å². The van der Waals surface area contributed by atoms with E-state index in [9.17, 15) is 9.18 Å². The first-order chi connectivity index (χ1) is 16.4. The van der Waals surface area contributed by atoms with Crippen LogP contribution in [0.1, 0.15) is 11.3 Å². The van der Waals surface area contributed by atoms with Gasteiger partial charge in [-0.2, -0.15) is 5.10 Å². The van der Waals surface area contributed by atoms with Crippen molar-refractivity contribution in [3.8, 4) is 28.8 Å². The van der Waals surface area contributed by atoms with Crippen molar-refractivity contribution in [2.24, 2.45) is 7.05 Å². The van der Waals surface area contributed by atoms with Gasteiger partial charge in [0.2, 0.25) is 5.89 Å². The summed E-state index contributed by atoms with van der Waals surface area (Å²) in [6.45, 7) is 0.812. The Morgan fingerprint density at radius 2 is 1.94 bits per heavy atom. The fourth-order valence-electron chi connectivity index (χ4n) is 3.94. The second-order valence-electron chi connectivity index (χ2n) is 7.76. The molecule has 0 spiro atoms. The Labute approximate surface area is 199 Å². The van der Waals surface area contributed by atoms with Gasteiger partial charge in [0.05, 0.1) is 19.3 Å². The van der Waals surface area contributed by atoms with Crippen LogP contribution in [0.2, 0.25) is 5.02 Å². The number of methoxy groups -OCH3 is 1. The average molecular weight is 483 g/mol. The van der Waals surface area contributed by atoms with Gasteiger partial charge >= 0.3 is 6.03 Å². The molecule has 0 saturated heterocycles. The molecule has 0 bridgehead atoms. The first-order valence-electron chi connectivity index (χ1n) is 10.5. The van der Waals surface area contributed by atoms with E-state index < -0.39 is 0 Å². The number of amides is 2. The van der Waals surface area contributed by atoms with Crippen LogP contribution in [-0.2, 0) is 20.0 Å². The number of nitrogens with one attached hydrogen (secondary N) is 1. The van der Waals surface area contributed by atoms with Gasteiger partial charge in [-0.3, -0.25) is 4.68 Å². The topological polar surface area (TPSA) is 98.3 Å². The summed E-state index contributed by atoms with van der Waals surface area (Å²) >= 11 is 6.08. The van der Waals surface area contributed by atoms with Gasteiger partial charge in [-0.15, -0.1) is 10.2 Å². The maximum absolute atomic E-state index is 13.2. The highest BCUT2D eigenvalue weighted by Gasteiger charge is 2.30. The van der Waals surface area contributed by atoms with Gasteiger partial charge in [-0.25, -0.2) is 9.18 Å². The number of halogens is 2. The lowest BCUT2D eigenvalue weighted by atomic mass is 10.1. The van der Waals surface area contributed by atoms with E-state index in [-0.39, 0.29) is 23.6 Å². The molecule has 3 heterocycles. The lowest BCUT2D eigenvalue weighted by Gasteiger charge is -2.28. The molecule has 0 radical (unpaired) electrons. The lowest BCUT2D eigenvalue weighted by molar-refractivity contribution is 0.205. The average Bonchev–Trinajstić information content (AvgIpc) is 3.44. The molecule has 0 saturated carbocycles. The smallest absolute Gasteiger partial charge is 0.322 e. The third kappa shape index (κ3) is 4.08. The molecule has 0 aliphatic carbocycles. The van der Waals surface area contributed by atoms with Crippen LogP contribution in [0.25, 0.3) is 23.0 Å². The van der Waals surface area contributed by atoms with Crippen molar-refractivity contribution in [3.05, 3.63) is 64.6 Å². The van der Waals surface area contributed by atoms with E-state index in [1.54, 1.807) is 39.9 Å². The zero-order valence-electron chi connectivity index (χ0n) is 18.4. The van der Waals surface area contributed by atoms with Crippen LogP contribution < -0.4 is 10.1 Å². The predicted octanol–water partition coefficient (Wildman–Crippen LogP) is 4.53. The number of hydrogen-bond acceptors (Lipinski definition) is 6. The highest BCUT2D eigenvalue weighted by atomic mass is 35.5. The molecule has 0 unspecified atom stereocenters. The van der Waals surface area contributed by atoms with Gasteiger partial charge in [0.15, 0.2) is 5.69 Å². The number of anilines is 1. The first-order valence-corrected chi connectivity index (χ1v) is 10.8.